The molecule has 1 atom stereocenters. The Kier molecular flexibility index (Phi) is 5.52. The second-order valence-electron chi connectivity index (χ2n) is 5.78. The Bertz CT molecular complexity index is 695. The Balaban J connectivity index is 2.03. The largest absolute Gasteiger partial charge is 0.550 e. The number of anilines is 1. The van der Waals surface area contributed by atoms with Crippen LogP contribution in [-0.2, 0) is 16.0 Å². The SMILES string of the molecule is Cc1ccc(C)c(NC(=O)C[C@@H](Cc2ccccc2)C(=O)[O-])c1. The summed E-state index contributed by atoms with van der Waals surface area (Å²) < 4.78 is 0. The predicted molar refractivity (Wildman–Crippen MR) is 87.8 cm³/mol. The molecule has 0 aliphatic heterocycles. The van der Waals surface area contributed by atoms with Crippen molar-refractivity contribution in [2.24, 2.45) is 5.92 Å². The molecule has 0 aliphatic carbocycles. The lowest BCUT2D eigenvalue weighted by Gasteiger charge is -2.18. The molecule has 0 aliphatic rings. The van der Waals surface area contributed by atoms with Crippen LogP contribution in [0.25, 0.3) is 0 Å². The molecule has 1 N–H and O–H groups in total. The highest BCUT2D eigenvalue weighted by atomic mass is 16.4. The normalized spacial score (nSPS) is 11.7. The lowest BCUT2D eigenvalue weighted by molar-refractivity contribution is -0.311. The van der Waals surface area contributed by atoms with Crippen LogP contribution in [0.2, 0.25) is 0 Å². The van der Waals surface area contributed by atoms with Gasteiger partial charge in [0.2, 0.25) is 5.91 Å². The average molecular weight is 310 g/mol. The van der Waals surface area contributed by atoms with Gasteiger partial charge in [0, 0.05) is 24.0 Å². The number of carbonyl (C=O) groups excluding carboxylic acids is 2. The summed E-state index contributed by atoms with van der Waals surface area (Å²) in [6.45, 7) is 3.84. The molecule has 120 valence electrons. The van der Waals surface area contributed by atoms with E-state index in [9.17, 15) is 14.7 Å². The van der Waals surface area contributed by atoms with Crippen LogP contribution in [0.15, 0.2) is 48.5 Å². The highest BCUT2D eigenvalue weighted by molar-refractivity contribution is 5.93. The molecule has 0 aromatic heterocycles. The number of rotatable bonds is 6. The number of nitrogens with one attached hydrogen (secondary N) is 1. The van der Waals surface area contributed by atoms with Gasteiger partial charge in [-0.25, -0.2) is 0 Å². The van der Waals surface area contributed by atoms with E-state index in [1.807, 2.05) is 62.4 Å². The summed E-state index contributed by atoms with van der Waals surface area (Å²) in [4.78, 5) is 23.5. The fourth-order valence-electron chi connectivity index (χ4n) is 2.43. The molecule has 4 nitrogen and oxygen atoms in total. The number of carbonyl (C=O) groups is 2. The van der Waals surface area contributed by atoms with E-state index in [4.69, 9.17) is 0 Å². The number of amides is 1. The number of carboxylic acid groups (broad SMARTS) is 1. The Morgan fingerprint density at radius 3 is 2.43 bits per heavy atom. The molecule has 2 rings (SSSR count). The monoisotopic (exact) mass is 310 g/mol. The molecule has 0 radical (unpaired) electrons. The Hall–Kier alpha value is -2.62. The highest BCUT2D eigenvalue weighted by Gasteiger charge is 2.16. The summed E-state index contributed by atoms with van der Waals surface area (Å²) >= 11 is 0. The van der Waals surface area contributed by atoms with Crippen molar-refractivity contribution in [2.75, 3.05) is 5.32 Å². The highest BCUT2D eigenvalue weighted by Crippen LogP contribution is 2.18. The van der Waals surface area contributed by atoms with Gasteiger partial charge in [0.15, 0.2) is 0 Å². The number of hydrogen-bond acceptors (Lipinski definition) is 3. The van der Waals surface area contributed by atoms with Crippen LogP contribution >= 0.6 is 0 Å². The van der Waals surface area contributed by atoms with E-state index in [-0.39, 0.29) is 18.7 Å². The minimum absolute atomic E-state index is 0.107. The van der Waals surface area contributed by atoms with Crippen molar-refractivity contribution < 1.29 is 14.7 Å². The zero-order chi connectivity index (χ0) is 16.8. The number of aliphatic carboxylic acids is 1. The number of benzene rings is 2. The summed E-state index contributed by atoms with van der Waals surface area (Å²) in [6.07, 6.45) is 0.175. The van der Waals surface area contributed by atoms with Gasteiger partial charge in [-0.1, -0.05) is 42.5 Å². The zero-order valence-corrected chi connectivity index (χ0v) is 13.3. The molecule has 0 unspecified atom stereocenters. The maximum Gasteiger partial charge on any atom is 0.225 e. The quantitative estimate of drug-likeness (QED) is 0.889. The lowest BCUT2D eigenvalue weighted by Crippen LogP contribution is -2.35. The van der Waals surface area contributed by atoms with Gasteiger partial charge in [-0.15, -0.1) is 0 Å². The Morgan fingerprint density at radius 1 is 1.09 bits per heavy atom. The van der Waals surface area contributed by atoms with Crippen molar-refractivity contribution in [1.29, 1.82) is 0 Å². The van der Waals surface area contributed by atoms with E-state index in [1.54, 1.807) is 0 Å². The van der Waals surface area contributed by atoms with Gasteiger partial charge in [0.05, 0.1) is 0 Å². The summed E-state index contributed by atoms with van der Waals surface area (Å²) in [5.41, 5.74) is 3.57. The van der Waals surface area contributed by atoms with E-state index in [2.05, 4.69) is 5.32 Å². The summed E-state index contributed by atoms with van der Waals surface area (Å²) in [5, 5.41) is 14.1. The lowest BCUT2D eigenvalue weighted by atomic mass is 9.96. The van der Waals surface area contributed by atoms with Crippen molar-refractivity contribution in [3.63, 3.8) is 0 Å². The smallest absolute Gasteiger partial charge is 0.225 e. The predicted octanol–water partition coefficient (Wildman–Crippen LogP) is 2.24. The van der Waals surface area contributed by atoms with Gasteiger partial charge in [-0.2, -0.15) is 0 Å². The zero-order valence-electron chi connectivity index (χ0n) is 13.3. The second kappa shape index (κ2) is 7.58. The van der Waals surface area contributed by atoms with Gasteiger partial charge in [0.25, 0.3) is 0 Å². The first-order valence-electron chi connectivity index (χ1n) is 7.57. The first-order chi connectivity index (χ1) is 11.0. The van der Waals surface area contributed by atoms with Crippen LogP contribution in [0.1, 0.15) is 23.1 Å². The Morgan fingerprint density at radius 2 is 1.78 bits per heavy atom. The molecule has 1 amide bonds. The maximum absolute atomic E-state index is 12.2. The van der Waals surface area contributed by atoms with Gasteiger partial charge >= 0.3 is 0 Å². The third-order valence-corrected chi connectivity index (χ3v) is 3.76. The first-order valence-corrected chi connectivity index (χ1v) is 7.57. The van der Waals surface area contributed by atoms with Gasteiger partial charge in [-0.05, 0) is 43.0 Å². The van der Waals surface area contributed by atoms with E-state index >= 15 is 0 Å². The maximum atomic E-state index is 12.2. The molecule has 4 heteroatoms. The molecule has 0 bridgehead atoms. The molecule has 23 heavy (non-hydrogen) atoms. The van der Waals surface area contributed by atoms with Crippen LogP contribution < -0.4 is 10.4 Å². The molecule has 2 aromatic carbocycles. The van der Waals surface area contributed by atoms with Crippen molar-refractivity contribution >= 4 is 17.6 Å². The molecule has 2 aromatic rings. The van der Waals surface area contributed by atoms with E-state index in [0.29, 0.717) is 5.69 Å². The van der Waals surface area contributed by atoms with Gasteiger partial charge in [0.1, 0.15) is 0 Å². The molecule has 0 saturated heterocycles. The molecular weight excluding hydrogens is 290 g/mol. The summed E-state index contributed by atoms with van der Waals surface area (Å²) in [5.74, 6) is -2.36. The number of hydrogen-bond donors (Lipinski definition) is 1. The average Bonchev–Trinajstić information content (AvgIpc) is 2.51. The number of carboxylic acids is 1. The van der Waals surface area contributed by atoms with E-state index in [0.717, 1.165) is 16.7 Å². The fraction of sp³-hybridized carbons (Fsp3) is 0.263. The van der Waals surface area contributed by atoms with E-state index in [1.165, 1.54) is 0 Å². The fourth-order valence-corrected chi connectivity index (χ4v) is 2.43. The van der Waals surface area contributed by atoms with Gasteiger partial charge in [-0.3, -0.25) is 4.79 Å². The van der Waals surface area contributed by atoms with Crippen LogP contribution in [0, 0.1) is 19.8 Å². The first kappa shape index (κ1) is 16.7. The minimum atomic E-state index is -1.20. The minimum Gasteiger partial charge on any atom is -0.550 e. The van der Waals surface area contributed by atoms with Crippen molar-refractivity contribution in [3.8, 4) is 0 Å². The Labute approximate surface area is 136 Å². The molecular formula is C19H20NO3-. The van der Waals surface area contributed by atoms with Crippen molar-refractivity contribution in [2.45, 2.75) is 26.7 Å². The van der Waals surface area contributed by atoms with Gasteiger partial charge < -0.3 is 15.2 Å². The van der Waals surface area contributed by atoms with Crippen LogP contribution in [0.5, 0.6) is 0 Å². The van der Waals surface area contributed by atoms with Crippen LogP contribution in [-0.4, -0.2) is 11.9 Å². The van der Waals surface area contributed by atoms with Crippen molar-refractivity contribution in [3.05, 3.63) is 65.2 Å². The van der Waals surface area contributed by atoms with E-state index < -0.39 is 11.9 Å². The third kappa shape index (κ3) is 4.95. The van der Waals surface area contributed by atoms with Crippen molar-refractivity contribution in [1.82, 2.24) is 0 Å². The molecule has 0 heterocycles. The molecule has 0 fully saturated rings. The third-order valence-electron chi connectivity index (χ3n) is 3.76. The summed E-state index contributed by atoms with van der Waals surface area (Å²) in [6, 6.07) is 15.0. The van der Waals surface area contributed by atoms with Crippen LogP contribution in [0.4, 0.5) is 5.69 Å². The standard InChI is InChI=1S/C19H21NO3/c1-13-8-9-14(2)17(10-13)20-18(21)12-16(19(22)23)11-15-6-4-3-5-7-15/h3-10,16H,11-12H2,1-2H3,(H,20,21)(H,22,23)/p-1/t16-/m1/s1. The number of aryl methyl sites for hydroxylation is 2. The second-order valence-corrected chi connectivity index (χ2v) is 5.78. The summed E-state index contributed by atoms with van der Waals surface area (Å²) in [7, 11) is 0. The topological polar surface area (TPSA) is 69.2 Å². The molecule has 0 spiro atoms. The molecule has 0 saturated carbocycles. The van der Waals surface area contributed by atoms with Crippen LogP contribution in [0.3, 0.4) is 0 Å².